The van der Waals surface area contributed by atoms with Crippen LogP contribution in [0.5, 0.6) is 5.75 Å². The molecule has 1 aromatic rings. The number of methoxy groups -OCH3 is 2. The lowest BCUT2D eigenvalue weighted by atomic mass is 10.0. The van der Waals surface area contributed by atoms with Crippen LogP contribution in [0.1, 0.15) is 16.8 Å². The molecular weight excluding hydrogens is 332 g/mol. The quantitative estimate of drug-likeness (QED) is 0.649. The van der Waals surface area contributed by atoms with E-state index in [1.807, 2.05) is 0 Å². The van der Waals surface area contributed by atoms with Gasteiger partial charge in [0.25, 0.3) is 5.91 Å². The van der Waals surface area contributed by atoms with Gasteiger partial charge in [-0.25, -0.2) is 0 Å². The number of nitrogens with one attached hydrogen (secondary N) is 1. The Morgan fingerprint density at radius 3 is 2.83 bits per heavy atom. The second-order valence-electron chi connectivity index (χ2n) is 5.81. The van der Waals surface area contributed by atoms with Crippen LogP contribution in [0.2, 0.25) is 5.02 Å². The minimum absolute atomic E-state index is 0.0856. The van der Waals surface area contributed by atoms with E-state index in [0.29, 0.717) is 28.6 Å². The molecule has 0 saturated carbocycles. The monoisotopic (exact) mass is 356 g/mol. The van der Waals surface area contributed by atoms with E-state index in [-0.39, 0.29) is 18.1 Å². The molecule has 24 heavy (non-hydrogen) atoms. The highest BCUT2D eigenvalue weighted by Crippen LogP contribution is 2.29. The van der Waals surface area contributed by atoms with Gasteiger partial charge in [0.2, 0.25) is 0 Å². The Balaban J connectivity index is 2.10. The molecule has 5 N–H and O–H groups in total. The minimum Gasteiger partial charge on any atom is -0.496 e. The fourth-order valence-electron chi connectivity index (χ4n) is 2.93. The van der Waals surface area contributed by atoms with Gasteiger partial charge < -0.3 is 26.3 Å². The fraction of sp³-hybridized carbons (Fsp3) is 0.562. The van der Waals surface area contributed by atoms with Crippen LogP contribution in [0.25, 0.3) is 0 Å². The van der Waals surface area contributed by atoms with E-state index >= 15 is 0 Å². The zero-order valence-corrected chi connectivity index (χ0v) is 14.8. The van der Waals surface area contributed by atoms with Crippen molar-refractivity contribution >= 4 is 23.2 Å². The summed E-state index contributed by atoms with van der Waals surface area (Å²) >= 11 is 6.04. The highest BCUT2D eigenvalue weighted by atomic mass is 35.5. The van der Waals surface area contributed by atoms with E-state index in [2.05, 4.69) is 10.2 Å². The number of benzene rings is 1. The van der Waals surface area contributed by atoms with Crippen molar-refractivity contribution in [2.24, 2.45) is 5.73 Å². The second kappa shape index (κ2) is 8.53. The van der Waals surface area contributed by atoms with Gasteiger partial charge in [-0.2, -0.15) is 0 Å². The normalized spacial score (nSPS) is 21.5. The molecule has 0 radical (unpaired) electrons. The lowest BCUT2D eigenvalue weighted by Crippen LogP contribution is -2.55. The SMILES string of the molecule is COc1cc(N)c(Cl)cc1C(=O)N[C@H]1CCN(CCN)C[C@H]1OC. The van der Waals surface area contributed by atoms with Crippen LogP contribution in [-0.4, -0.2) is 63.4 Å². The van der Waals surface area contributed by atoms with Crippen molar-refractivity contribution in [3.8, 4) is 5.75 Å². The molecule has 0 spiro atoms. The molecule has 0 aromatic heterocycles. The number of nitrogen functional groups attached to an aromatic ring is 1. The molecule has 1 aliphatic rings. The van der Waals surface area contributed by atoms with Crippen molar-refractivity contribution < 1.29 is 14.3 Å². The van der Waals surface area contributed by atoms with E-state index in [1.54, 1.807) is 13.2 Å². The number of nitrogens with two attached hydrogens (primary N) is 2. The van der Waals surface area contributed by atoms with Crippen LogP contribution in [-0.2, 0) is 4.74 Å². The third-order valence-corrected chi connectivity index (χ3v) is 4.60. The Morgan fingerprint density at radius 1 is 1.46 bits per heavy atom. The van der Waals surface area contributed by atoms with Crippen LogP contribution < -0.4 is 21.5 Å². The maximum atomic E-state index is 12.6. The highest BCUT2D eigenvalue weighted by Gasteiger charge is 2.31. The van der Waals surface area contributed by atoms with Gasteiger partial charge in [-0.15, -0.1) is 0 Å². The first-order chi connectivity index (χ1) is 11.5. The number of amides is 1. The Labute approximate surface area is 147 Å². The zero-order valence-electron chi connectivity index (χ0n) is 14.0. The number of likely N-dealkylation sites (tertiary alicyclic amines) is 1. The van der Waals surface area contributed by atoms with Crippen LogP contribution in [0.4, 0.5) is 5.69 Å². The zero-order chi connectivity index (χ0) is 17.7. The number of anilines is 1. The molecule has 134 valence electrons. The average molecular weight is 357 g/mol. The largest absolute Gasteiger partial charge is 0.496 e. The Hall–Kier alpha value is -1.54. The predicted molar refractivity (Wildman–Crippen MR) is 94.6 cm³/mol. The van der Waals surface area contributed by atoms with Crippen LogP contribution in [0.15, 0.2) is 12.1 Å². The van der Waals surface area contributed by atoms with Crippen LogP contribution in [0, 0.1) is 0 Å². The van der Waals surface area contributed by atoms with Gasteiger partial charge in [-0.05, 0) is 12.5 Å². The molecule has 0 unspecified atom stereocenters. The molecule has 0 bridgehead atoms. The third-order valence-electron chi connectivity index (χ3n) is 4.27. The minimum atomic E-state index is -0.256. The molecule has 1 amide bonds. The number of nitrogens with zero attached hydrogens (tertiary/aromatic N) is 1. The average Bonchev–Trinajstić information content (AvgIpc) is 2.58. The van der Waals surface area contributed by atoms with Gasteiger partial charge in [0.15, 0.2) is 0 Å². The number of carbonyl (C=O) groups excluding carboxylic acids is 1. The van der Waals surface area contributed by atoms with Crippen LogP contribution in [0.3, 0.4) is 0 Å². The summed E-state index contributed by atoms with van der Waals surface area (Å²) in [4.78, 5) is 14.9. The molecule has 1 aromatic carbocycles. The maximum absolute atomic E-state index is 12.6. The standard InChI is InChI=1S/C16H25ClN4O3/c1-23-14-8-12(19)11(17)7-10(14)16(22)20-13-3-5-21(6-4-18)9-15(13)24-2/h7-8,13,15H,3-6,9,18-19H2,1-2H3,(H,20,22)/t13-,15+/m0/s1. The first-order valence-electron chi connectivity index (χ1n) is 7.89. The number of hydrogen-bond donors (Lipinski definition) is 3. The van der Waals surface area contributed by atoms with Crippen molar-refractivity contribution in [3.63, 3.8) is 0 Å². The molecule has 1 aliphatic heterocycles. The first kappa shape index (κ1) is 18.8. The molecule has 0 aliphatic carbocycles. The molecule has 7 nitrogen and oxygen atoms in total. The van der Waals surface area contributed by atoms with E-state index in [0.717, 1.165) is 26.1 Å². The molecule has 8 heteroatoms. The fourth-order valence-corrected chi connectivity index (χ4v) is 3.10. The number of hydrogen-bond acceptors (Lipinski definition) is 6. The van der Waals surface area contributed by atoms with Gasteiger partial charge >= 0.3 is 0 Å². The lowest BCUT2D eigenvalue weighted by molar-refractivity contribution is 0.00735. The van der Waals surface area contributed by atoms with Gasteiger partial charge in [0.1, 0.15) is 5.75 Å². The molecular formula is C16H25ClN4O3. The number of piperidine rings is 1. The Morgan fingerprint density at radius 2 is 2.21 bits per heavy atom. The van der Waals surface area contributed by atoms with E-state index < -0.39 is 0 Å². The van der Waals surface area contributed by atoms with Crippen LogP contribution >= 0.6 is 11.6 Å². The van der Waals surface area contributed by atoms with Gasteiger partial charge in [0, 0.05) is 39.4 Å². The molecule has 1 heterocycles. The molecule has 2 atom stereocenters. The first-order valence-corrected chi connectivity index (χ1v) is 8.27. The summed E-state index contributed by atoms with van der Waals surface area (Å²) in [6, 6.07) is 2.99. The number of carbonyl (C=O) groups is 1. The summed E-state index contributed by atoms with van der Waals surface area (Å²) in [6.07, 6.45) is 0.694. The van der Waals surface area contributed by atoms with E-state index in [1.165, 1.54) is 13.2 Å². The molecule has 1 fully saturated rings. The predicted octanol–water partition coefficient (Wildman–Crippen LogP) is 0.709. The molecule has 1 saturated heterocycles. The summed E-state index contributed by atoms with van der Waals surface area (Å²) in [7, 11) is 3.14. The number of halogens is 1. The summed E-state index contributed by atoms with van der Waals surface area (Å²) < 4.78 is 10.8. The third kappa shape index (κ3) is 4.30. The highest BCUT2D eigenvalue weighted by molar-refractivity contribution is 6.33. The summed E-state index contributed by atoms with van der Waals surface area (Å²) in [5.41, 5.74) is 12.1. The maximum Gasteiger partial charge on any atom is 0.255 e. The van der Waals surface area contributed by atoms with Gasteiger partial charge in [0.05, 0.1) is 35.5 Å². The Kier molecular flexibility index (Phi) is 6.68. The van der Waals surface area contributed by atoms with Crippen molar-refractivity contribution in [3.05, 3.63) is 22.7 Å². The smallest absolute Gasteiger partial charge is 0.255 e. The van der Waals surface area contributed by atoms with E-state index in [9.17, 15) is 4.79 Å². The van der Waals surface area contributed by atoms with Crippen molar-refractivity contribution in [2.75, 3.05) is 46.1 Å². The summed E-state index contributed by atoms with van der Waals surface area (Å²) in [6.45, 7) is 3.02. The van der Waals surface area contributed by atoms with Gasteiger partial charge in [-0.3, -0.25) is 9.69 Å². The van der Waals surface area contributed by atoms with Crippen molar-refractivity contribution in [1.82, 2.24) is 10.2 Å². The number of ether oxygens (including phenoxy) is 2. The molecule has 2 rings (SSSR count). The second-order valence-corrected chi connectivity index (χ2v) is 6.21. The van der Waals surface area contributed by atoms with Gasteiger partial charge in [-0.1, -0.05) is 11.6 Å². The van der Waals surface area contributed by atoms with Crippen molar-refractivity contribution in [2.45, 2.75) is 18.6 Å². The van der Waals surface area contributed by atoms with Crippen molar-refractivity contribution in [1.29, 1.82) is 0 Å². The topological polar surface area (TPSA) is 103 Å². The Bertz CT molecular complexity index is 585. The summed E-state index contributed by atoms with van der Waals surface area (Å²) in [5.74, 6) is 0.136. The number of rotatable bonds is 6. The lowest BCUT2D eigenvalue weighted by Gasteiger charge is -2.38. The summed E-state index contributed by atoms with van der Waals surface area (Å²) in [5, 5.41) is 3.34. The van der Waals surface area contributed by atoms with E-state index in [4.69, 9.17) is 32.5 Å².